The van der Waals surface area contributed by atoms with Gasteiger partial charge < -0.3 is 10.0 Å². The van der Waals surface area contributed by atoms with E-state index in [-0.39, 0.29) is 0 Å². The molecule has 0 saturated carbocycles. The highest BCUT2D eigenvalue weighted by molar-refractivity contribution is 5.85. The monoisotopic (exact) mass is 255 g/mol. The highest BCUT2D eigenvalue weighted by Crippen LogP contribution is 2.29. The second kappa shape index (κ2) is 4.95. The van der Waals surface area contributed by atoms with E-state index in [2.05, 4.69) is 54.4 Å². The Balaban J connectivity index is 1.89. The van der Waals surface area contributed by atoms with Gasteiger partial charge in [-0.1, -0.05) is 42.5 Å². The van der Waals surface area contributed by atoms with Crippen molar-refractivity contribution in [3.63, 3.8) is 0 Å². The van der Waals surface area contributed by atoms with Gasteiger partial charge in [0, 0.05) is 19.5 Å². The van der Waals surface area contributed by atoms with Crippen molar-refractivity contribution in [2.24, 2.45) is 0 Å². The molecule has 1 N–H and O–H groups in total. The summed E-state index contributed by atoms with van der Waals surface area (Å²) in [7, 11) is 2.12. The van der Waals surface area contributed by atoms with Crippen LogP contribution in [0.2, 0.25) is 0 Å². The van der Waals surface area contributed by atoms with E-state index in [9.17, 15) is 5.11 Å². The van der Waals surface area contributed by atoms with Crippen LogP contribution in [-0.4, -0.2) is 35.7 Å². The van der Waals surface area contributed by atoms with Crippen LogP contribution in [0.1, 0.15) is 18.4 Å². The average molecular weight is 255 g/mol. The summed E-state index contributed by atoms with van der Waals surface area (Å²) in [5, 5.41) is 13.3. The fourth-order valence-electron chi connectivity index (χ4n) is 3.01. The molecule has 1 aliphatic heterocycles. The first-order chi connectivity index (χ1) is 9.16. The van der Waals surface area contributed by atoms with E-state index < -0.39 is 5.60 Å². The molecular formula is C17H21NO. The number of piperidine rings is 1. The summed E-state index contributed by atoms with van der Waals surface area (Å²) in [6, 6.07) is 14.8. The standard InChI is InChI=1S/C17H21NO/c1-18-11-9-17(19,10-12-18)13-15-7-4-6-14-5-2-3-8-16(14)15/h2-8,19H,9-13H2,1H3. The molecule has 2 aromatic carbocycles. The molecule has 0 amide bonds. The molecule has 0 unspecified atom stereocenters. The molecule has 0 radical (unpaired) electrons. The molecule has 3 rings (SSSR count). The average Bonchev–Trinajstić information content (AvgIpc) is 2.43. The van der Waals surface area contributed by atoms with Crippen LogP contribution in [0.5, 0.6) is 0 Å². The minimum atomic E-state index is -0.531. The molecule has 0 aromatic heterocycles. The van der Waals surface area contributed by atoms with Gasteiger partial charge in [0.15, 0.2) is 0 Å². The van der Waals surface area contributed by atoms with E-state index in [0.29, 0.717) is 0 Å². The zero-order valence-corrected chi connectivity index (χ0v) is 11.5. The number of hydrogen-bond acceptors (Lipinski definition) is 2. The normalized spacial score (nSPS) is 19.7. The Bertz CT molecular complexity index is 565. The van der Waals surface area contributed by atoms with Gasteiger partial charge in [0.25, 0.3) is 0 Å². The third-order valence-electron chi connectivity index (χ3n) is 4.32. The summed E-state index contributed by atoms with van der Waals surface area (Å²) in [6.45, 7) is 1.97. The van der Waals surface area contributed by atoms with Crippen molar-refractivity contribution in [2.45, 2.75) is 24.9 Å². The molecule has 0 atom stereocenters. The first-order valence-corrected chi connectivity index (χ1v) is 7.04. The van der Waals surface area contributed by atoms with Crippen LogP contribution in [0.25, 0.3) is 10.8 Å². The van der Waals surface area contributed by atoms with Gasteiger partial charge >= 0.3 is 0 Å². The van der Waals surface area contributed by atoms with Crippen molar-refractivity contribution < 1.29 is 5.11 Å². The van der Waals surface area contributed by atoms with Gasteiger partial charge in [-0.2, -0.15) is 0 Å². The zero-order chi connectivity index (χ0) is 13.3. The van der Waals surface area contributed by atoms with E-state index in [4.69, 9.17) is 0 Å². The van der Waals surface area contributed by atoms with Crippen LogP contribution in [0.15, 0.2) is 42.5 Å². The number of hydrogen-bond donors (Lipinski definition) is 1. The van der Waals surface area contributed by atoms with E-state index in [1.54, 1.807) is 0 Å². The maximum absolute atomic E-state index is 10.8. The third kappa shape index (κ3) is 2.65. The van der Waals surface area contributed by atoms with Gasteiger partial charge in [-0.3, -0.25) is 0 Å². The molecule has 0 spiro atoms. The molecule has 1 fully saturated rings. The van der Waals surface area contributed by atoms with Crippen LogP contribution < -0.4 is 0 Å². The maximum atomic E-state index is 10.8. The van der Waals surface area contributed by atoms with Crippen LogP contribution in [-0.2, 0) is 6.42 Å². The molecule has 2 nitrogen and oxygen atoms in total. The summed E-state index contributed by atoms with van der Waals surface area (Å²) in [6.07, 6.45) is 2.50. The first-order valence-electron chi connectivity index (χ1n) is 7.04. The topological polar surface area (TPSA) is 23.5 Å². The third-order valence-corrected chi connectivity index (χ3v) is 4.32. The molecule has 100 valence electrons. The predicted molar refractivity (Wildman–Crippen MR) is 79.3 cm³/mol. The molecule has 1 heterocycles. The summed E-state index contributed by atoms with van der Waals surface area (Å²) < 4.78 is 0. The molecule has 1 aliphatic rings. The molecule has 1 saturated heterocycles. The minimum Gasteiger partial charge on any atom is -0.389 e. The lowest BCUT2D eigenvalue weighted by Gasteiger charge is -2.36. The van der Waals surface area contributed by atoms with Crippen molar-refractivity contribution in [3.8, 4) is 0 Å². The van der Waals surface area contributed by atoms with E-state index in [1.165, 1.54) is 16.3 Å². The fourth-order valence-corrected chi connectivity index (χ4v) is 3.01. The Hall–Kier alpha value is -1.38. The number of fused-ring (bicyclic) bond motifs is 1. The first kappa shape index (κ1) is 12.6. The Morgan fingerprint density at radius 3 is 2.53 bits per heavy atom. The number of rotatable bonds is 2. The lowest BCUT2D eigenvalue weighted by molar-refractivity contribution is -0.0147. The maximum Gasteiger partial charge on any atom is 0.0712 e. The summed E-state index contributed by atoms with van der Waals surface area (Å²) >= 11 is 0. The molecule has 19 heavy (non-hydrogen) atoms. The fraction of sp³-hybridized carbons (Fsp3) is 0.412. The van der Waals surface area contributed by atoms with Gasteiger partial charge in [0.05, 0.1) is 5.60 Å². The van der Waals surface area contributed by atoms with Gasteiger partial charge in [-0.15, -0.1) is 0 Å². The lowest BCUT2D eigenvalue weighted by Crippen LogP contribution is -2.44. The second-order valence-corrected chi connectivity index (χ2v) is 5.84. The van der Waals surface area contributed by atoms with Gasteiger partial charge in [-0.05, 0) is 36.2 Å². The van der Waals surface area contributed by atoms with E-state index in [0.717, 1.165) is 32.4 Å². The number of nitrogens with zero attached hydrogens (tertiary/aromatic N) is 1. The minimum absolute atomic E-state index is 0.531. The summed E-state index contributed by atoms with van der Waals surface area (Å²) in [5.41, 5.74) is 0.738. The van der Waals surface area contributed by atoms with Gasteiger partial charge in [0.2, 0.25) is 0 Å². The quantitative estimate of drug-likeness (QED) is 0.892. The molecule has 0 aliphatic carbocycles. The SMILES string of the molecule is CN1CCC(O)(Cc2cccc3ccccc23)CC1. The van der Waals surface area contributed by atoms with E-state index >= 15 is 0 Å². The highest BCUT2D eigenvalue weighted by atomic mass is 16.3. The Kier molecular flexibility index (Phi) is 3.29. The van der Waals surface area contributed by atoms with Crippen molar-refractivity contribution in [3.05, 3.63) is 48.0 Å². The number of likely N-dealkylation sites (tertiary alicyclic amines) is 1. The second-order valence-electron chi connectivity index (χ2n) is 5.84. The van der Waals surface area contributed by atoms with E-state index in [1.807, 2.05) is 0 Å². The molecule has 0 bridgehead atoms. The van der Waals surface area contributed by atoms with Crippen molar-refractivity contribution >= 4 is 10.8 Å². The largest absolute Gasteiger partial charge is 0.389 e. The Morgan fingerprint density at radius 1 is 1.05 bits per heavy atom. The van der Waals surface area contributed by atoms with Gasteiger partial charge in [-0.25, -0.2) is 0 Å². The molecule has 2 heteroatoms. The van der Waals surface area contributed by atoms with Crippen LogP contribution in [0.4, 0.5) is 0 Å². The van der Waals surface area contributed by atoms with Crippen molar-refractivity contribution in [1.29, 1.82) is 0 Å². The lowest BCUT2D eigenvalue weighted by atomic mass is 9.84. The summed E-state index contributed by atoms with van der Waals surface area (Å²) in [4.78, 5) is 2.29. The van der Waals surface area contributed by atoms with Crippen LogP contribution in [0.3, 0.4) is 0 Å². The molecule has 2 aromatic rings. The van der Waals surface area contributed by atoms with Gasteiger partial charge in [0.1, 0.15) is 0 Å². The van der Waals surface area contributed by atoms with Crippen LogP contribution in [0, 0.1) is 0 Å². The van der Waals surface area contributed by atoms with Crippen molar-refractivity contribution in [2.75, 3.05) is 20.1 Å². The molecular weight excluding hydrogens is 234 g/mol. The highest BCUT2D eigenvalue weighted by Gasteiger charge is 2.31. The zero-order valence-electron chi connectivity index (χ0n) is 11.5. The summed E-state index contributed by atoms with van der Waals surface area (Å²) in [5.74, 6) is 0. The van der Waals surface area contributed by atoms with Crippen molar-refractivity contribution in [1.82, 2.24) is 4.90 Å². The predicted octanol–water partition coefficient (Wildman–Crippen LogP) is 2.84. The Morgan fingerprint density at radius 2 is 1.74 bits per heavy atom. The number of aliphatic hydroxyl groups is 1. The Labute approximate surface area is 114 Å². The number of benzene rings is 2. The smallest absolute Gasteiger partial charge is 0.0712 e. The van der Waals surface area contributed by atoms with Crippen LogP contribution >= 0.6 is 0 Å².